The Hall–Kier alpha value is -4.24. The zero-order chi connectivity index (χ0) is 20.9. The molecule has 0 saturated heterocycles. The first kappa shape index (κ1) is 19.1. The smallest absolute Gasteiger partial charge is 0.238 e. The van der Waals surface area contributed by atoms with E-state index in [0.717, 1.165) is 11.3 Å². The minimum absolute atomic E-state index is 0.197. The standard InChI is InChI=1S/C24H19N3O3/c1-27(2)18-11-9-17(10-12-18)6-3-13-26-24-19(16-25)22(20-7-4-14-28-20)23(30-24)21-8-5-15-29-21/h3-15H,1-2H3/b6-3+,26-13?. The summed E-state index contributed by atoms with van der Waals surface area (Å²) in [6.45, 7) is 0. The lowest BCUT2D eigenvalue weighted by atomic mass is 10.1. The predicted molar refractivity (Wildman–Crippen MR) is 117 cm³/mol. The third kappa shape index (κ3) is 3.82. The van der Waals surface area contributed by atoms with Crippen LogP contribution in [0.15, 0.2) is 85.4 Å². The summed E-state index contributed by atoms with van der Waals surface area (Å²) in [7, 11) is 4.00. The predicted octanol–water partition coefficient (Wildman–Crippen LogP) is 6.15. The number of benzene rings is 1. The van der Waals surface area contributed by atoms with Gasteiger partial charge in [-0.1, -0.05) is 18.2 Å². The van der Waals surface area contributed by atoms with Crippen LogP contribution in [0.25, 0.3) is 28.9 Å². The second kappa shape index (κ2) is 8.41. The maximum atomic E-state index is 9.74. The molecule has 6 nitrogen and oxygen atoms in total. The van der Waals surface area contributed by atoms with Crippen LogP contribution < -0.4 is 4.90 Å². The minimum Gasteiger partial charge on any atom is -0.464 e. The lowest BCUT2D eigenvalue weighted by Gasteiger charge is -2.11. The lowest BCUT2D eigenvalue weighted by molar-refractivity contribution is 0.527. The molecule has 0 atom stereocenters. The Kier molecular flexibility index (Phi) is 5.35. The van der Waals surface area contributed by atoms with E-state index in [-0.39, 0.29) is 11.4 Å². The molecule has 4 aromatic rings. The van der Waals surface area contributed by atoms with Gasteiger partial charge in [-0.2, -0.15) is 5.26 Å². The highest BCUT2D eigenvalue weighted by molar-refractivity contribution is 5.87. The molecule has 30 heavy (non-hydrogen) atoms. The van der Waals surface area contributed by atoms with Crippen molar-refractivity contribution in [2.24, 2.45) is 4.99 Å². The third-order valence-corrected chi connectivity index (χ3v) is 4.49. The zero-order valence-corrected chi connectivity index (χ0v) is 16.6. The fraction of sp³-hybridized carbons (Fsp3) is 0.0833. The summed E-state index contributed by atoms with van der Waals surface area (Å²) in [6.07, 6.45) is 8.41. The van der Waals surface area contributed by atoms with Crippen LogP contribution in [-0.4, -0.2) is 20.3 Å². The van der Waals surface area contributed by atoms with Gasteiger partial charge in [-0.15, -0.1) is 0 Å². The van der Waals surface area contributed by atoms with Crippen LogP contribution in [0.3, 0.4) is 0 Å². The molecule has 0 fully saturated rings. The summed E-state index contributed by atoms with van der Waals surface area (Å²) in [5.74, 6) is 1.61. The highest BCUT2D eigenvalue weighted by Crippen LogP contribution is 2.42. The first-order chi connectivity index (χ1) is 14.7. The molecule has 0 bridgehead atoms. The van der Waals surface area contributed by atoms with E-state index in [0.29, 0.717) is 22.8 Å². The van der Waals surface area contributed by atoms with Gasteiger partial charge in [0.1, 0.15) is 17.4 Å². The molecule has 0 N–H and O–H groups in total. The average Bonchev–Trinajstić information content (AvgIpc) is 3.51. The largest absolute Gasteiger partial charge is 0.464 e. The summed E-state index contributed by atoms with van der Waals surface area (Å²) in [5, 5.41) is 9.74. The zero-order valence-electron chi connectivity index (χ0n) is 16.6. The number of anilines is 1. The van der Waals surface area contributed by atoms with Crippen LogP contribution in [0, 0.1) is 11.3 Å². The van der Waals surface area contributed by atoms with E-state index < -0.39 is 0 Å². The van der Waals surface area contributed by atoms with Crippen molar-refractivity contribution in [3.8, 4) is 28.9 Å². The van der Waals surface area contributed by atoms with E-state index in [4.69, 9.17) is 13.3 Å². The van der Waals surface area contributed by atoms with Gasteiger partial charge in [0.2, 0.25) is 5.88 Å². The molecule has 0 saturated carbocycles. The molecule has 0 spiro atoms. The number of nitriles is 1. The van der Waals surface area contributed by atoms with Gasteiger partial charge in [-0.3, -0.25) is 0 Å². The molecule has 148 valence electrons. The molecule has 1 aromatic carbocycles. The Balaban J connectivity index is 1.64. The number of aliphatic imine (C=N–C) groups is 1. The topological polar surface area (TPSA) is 78.8 Å². The van der Waals surface area contributed by atoms with Gasteiger partial charge in [0.05, 0.1) is 18.1 Å². The number of nitrogens with zero attached hydrogens (tertiary/aromatic N) is 3. The molecule has 0 radical (unpaired) electrons. The summed E-state index contributed by atoms with van der Waals surface area (Å²) in [4.78, 5) is 6.39. The van der Waals surface area contributed by atoms with Crippen LogP contribution in [0.2, 0.25) is 0 Å². The van der Waals surface area contributed by atoms with Crippen LogP contribution >= 0.6 is 0 Å². The quantitative estimate of drug-likeness (QED) is 0.364. The first-order valence-corrected chi connectivity index (χ1v) is 9.30. The molecule has 0 aliphatic carbocycles. The minimum atomic E-state index is 0.197. The molecule has 4 rings (SSSR count). The van der Waals surface area contributed by atoms with Crippen molar-refractivity contribution in [3.63, 3.8) is 0 Å². The second-order valence-electron chi connectivity index (χ2n) is 6.68. The highest BCUT2D eigenvalue weighted by Gasteiger charge is 2.25. The van der Waals surface area contributed by atoms with Gasteiger partial charge < -0.3 is 18.2 Å². The van der Waals surface area contributed by atoms with Gasteiger partial charge in [-0.25, -0.2) is 4.99 Å². The van der Waals surface area contributed by atoms with E-state index >= 15 is 0 Å². The van der Waals surface area contributed by atoms with Crippen molar-refractivity contribution in [2.45, 2.75) is 0 Å². The Bertz CT molecular complexity index is 1200. The van der Waals surface area contributed by atoms with E-state index in [9.17, 15) is 5.26 Å². The van der Waals surface area contributed by atoms with Crippen LogP contribution in [0.5, 0.6) is 0 Å². The van der Waals surface area contributed by atoms with Crippen LogP contribution in [-0.2, 0) is 0 Å². The van der Waals surface area contributed by atoms with Crippen molar-refractivity contribution in [1.29, 1.82) is 5.26 Å². The van der Waals surface area contributed by atoms with Crippen molar-refractivity contribution in [2.75, 3.05) is 19.0 Å². The normalized spacial score (nSPS) is 11.4. The van der Waals surface area contributed by atoms with Gasteiger partial charge in [0.25, 0.3) is 0 Å². The molecule has 3 heterocycles. The van der Waals surface area contributed by atoms with Crippen molar-refractivity contribution < 1.29 is 13.3 Å². The average molecular weight is 397 g/mol. The monoisotopic (exact) mass is 397 g/mol. The third-order valence-electron chi connectivity index (χ3n) is 4.49. The molecule has 0 aliphatic heterocycles. The number of allylic oxidation sites excluding steroid dienone is 1. The Morgan fingerprint density at radius 3 is 2.27 bits per heavy atom. The van der Waals surface area contributed by atoms with Gasteiger partial charge in [-0.05, 0) is 48.0 Å². The fourth-order valence-corrected chi connectivity index (χ4v) is 3.00. The summed E-state index contributed by atoms with van der Waals surface area (Å²) in [6, 6.07) is 17.3. The molecule has 3 aromatic heterocycles. The van der Waals surface area contributed by atoms with Gasteiger partial charge >= 0.3 is 0 Å². The van der Waals surface area contributed by atoms with E-state index in [1.807, 2.05) is 49.3 Å². The second-order valence-corrected chi connectivity index (χ2v) is 6.68. The Morgan fingerprint density at radius 1 is 0.967 bits per heavy atom. The maximum absolute atomic E-state index is 9.74. The van der Waals surface area contributed by atoms with Crippen molar-refractivity contribution in [3.05, 3.63) is 78.3 Å². The summed E-state index contributed by atoms with van der Waals surface area (Å²) < 4.78 is 16.9. The Labute approximate surface area is 174 Å². The van der Waals surface area contributed by atoms with Gasteiger partial charge in [0, 0.05) is 26.0 Å². The Morgan fingerprint density at radius 2 is 1.67 bits per heavy atom. The number of furan rings is 3. The maximum Gasteiger partial charge on any atom is 0.238 e. The molecule has 0 aliphatic rings. The molecule has 6 heteroatoms. The molecular formula is C24H19N3O3. The SMILES string of the molecule is CN(C)c1ccc(/C=C/C=Nc2oc(-c3ccco3)c(-c3ccco3)c2C#N)cc1. The molecular weight excluding hydrogens is 378 g/mol. The summed E-state index contributed by atoms with van der Waals surface area (Å²) in [5.41, 5.74) is 2.98. The number of rotatable bonds is 6. The van der Waals surface area contributed by atoms with Crippen molar-refractivity contribution in [1.82, 2.24) is 0 Å². The highest BCUT2D eigenvalue weighted by atomic mass is 16.4. The fourth-order valence-electron chi connectivity index (χ4n) is 3.00. The number of hydrogen-bond acceptors (Lipinski definition) is 6. The lowest BCUT2D eigenvalue weighted by Crippen LogP contribution is -2.07. The first-order valence-electron chi connectivity index (χ1n) is 9.30. The van der Waals surface area contributed by atoms with Crippen molar-refractivity contribution >= 4 is 23.9 Å². The number of hydrogen-bond donors (Lipinski definition) is 0. The van der Waals surface area contributed by atoms with Crippen LogP contribution in [0.4, 0.5) is 11.6 Å². The van der Waals surface area contributed by atoms with Crippen LogP contribution in [0.1, 0.15) is 11.1 Å². The van der Waals surface area contributed by atoms with E-state index in [1.165, 1.54) is 0 Å². The van der Waals surface area contributed by atoms with E-state index in [2.05, 4.69) is 11.1 Å². The summed E-state index contributed by atoms with van der Waals surface area (Å²) >= 11 is 0. The van der Waals surface area contributed by atoms with E-state index in [1.54, 1.807) is 49.1 Å². The molecule has 0 unspecified atom stereocenters. The van der Waals surface area contributed by atoms with Gasteiger partial charge in [0.15, 0.2) is 11.5 Å². The molecule has 0 amide bonds.